The van der Waals surface area contributed by atoms with E-state index >= 15 is 0 Å². The zero-order chi connectivity index (χ0) is 31.8. The topological polar surface area (TPSA) is 208 Å². The Labute approximate surface area is 244 Å². The number of hydrogen-bond acceptors (Lipinski definition) is 11. The second-order valence-corrected chi connectivity index (χ2v) is 13.1. The number of ether oxygens (including phenoxy) is 3. The van der Waals surface area contributed by atoms with Crippen LogP contribution in [0.2, 0.25) is 0 Å². The minimum absolute atomic E-state index is 0.0247. The minimum atomic E-state index is -4.32. The Morgan fingerprint density at radius 2 is 1.57 bits per heavy atom. The summed E-state index contributed by atoms with van der Waals surface area (Å²) in [6, 6.07) is -1.13. The molecule has 0 bridgehead atoms. The molecular weight excluding hydrogens is 575 g/mol. The number of aromatic amines is 1. The van der Waals surface area contributed by atoms with Crippen LogP contribution in [0, 0.1) is 11.8 Å². The Bertz CT molecular complexity index is 1180. The molecule has 1 saturated heterocycles. The summed E-state index contributed by atoms with van der Waals surface area (Å²) in [5, 5.41) is 27.3. The highest BCUT2D eigenvalue weighted by atomic mass is 31.2. The van der Waals surface area contributed by atoms with Crippen LogP contribution in [0.15, 0.2) is 21.9 Å². The van der Waals surface area contributed by atoms with Gasteiger partial charge in [0.1, 0.15) is 29.9 Å². The van der Waals surface area contributed by atoms with Gasteiger partial charge in [-0.15, -0.1) is 0 Å². The number of H-pyrrole nitrogens is 1. The molecule has 15 nitrogen and oxygen atoms in total. The fraction of sp³-hybridized carbons (Fsp3) is 0.769. The van der Waals surface area contributed by atoms with Gasteiger partial charge in [-0.1, -0.05) is 27.7 Å². The smallest absolute Gasteiger partial charge is 0.342 e. The van der Waals surface area contributed by atoms with Crippen molar-refractivity contribution in [3.63, 3.8) is 0 Å². The Hall–Kier alpha value is -2.39. The molecule has 6 atom stereocenters. The van der Waals surface area contributed by atoms with Crippen molar-refractivity contribution >= 4 is 19.6 Å². The highest BCUT2D eigenvalue weighted by Crippen LogP contribution is 2.44. The highest BCUT2D eigenvalue weighted by Gasteiger charge is 2.54. The molecule has 1 fully saturated rings. The van der Waals surface area contributed by atoms with Gasteiger partial charge in [0.15, 0.2) is 6.23 Å². The highest BCUT2D eigenvalue weighted by molar-refractivity contribution is 7.54. The monoisotopic (exact) mass is 620 g/mol. The van der Waals surface area contributed by atoms with Crippen LogP contribution in [0.1, 0.15) is 67.5 Å². The maximum atomic E-state index is 14.3. The average Bonchev–Trinajstić information content (AvgIpc) is 3.10. The minimum Gasteiger partial charge on any atom is -0.465 e. The molecule has 2 unspecified atom stereocenters. The van der Waals surface area contributed by atoms with Crippen LogP contribution in [0.4, 0.5) is 0 Å². The molecule has 1 aromatic heterocycles. The number of aliphatic hydroxyl groups is 2. The Kier molecular flexibility index (Phi) is 13.1. The number of hydrogen-bond donors (Lipinski definition) is 5. The summed E-state index contributed by atoms with van der Waals surface area (Å²) >= 11 is 0. The van der Waals surface area contributed by atoms with Gasteiger partial charge >= 0.3 is 25.3 Å². The second kappa shape index (κ2) is 15.4. The van der Waals surface area contributed by atoms with Crippen LogP contribution < -0.4 is 21.4 Å². The van der Waals surface area contributed by atoms with Crippen LogP contribution in [-0.4, -0.2) is 81.4 Å². The number of rotatable bonds is 16. The maximum Gasteiger partial charge on any atom is 0.342 e. The van der Waals surface area contributed by atoms with Crippen LogP contribution in [0.5, 0.6) is 0 Å². The van der Waals surface area contributed by atoms with E-state index in [1.165, 1.54) is 6.92 Å². The lowest BCUT2D eigenvalue weighted by molar-refractivity contribution is -0.146. The summed E-state index contributed by atoms with van der Waals surface area (Å²) in [5.41, 5.74) is -3.58. The molecule has 16 heteroatoms. The predicted molar refractivity (Wildman–Crippen MR) is 151 cm³/mol. The number of carbonyl (C=O) groups excluding carboxylic acids is 2. The molecule has 2 heterocycles. The van der Waals surface area contributed by atoms with Gasteiger partial charge in [-0.25, -0.2) is 15.0 Å². The zero-order valence-electron chi connectivity index (χ0n) is 25.2. The first kappa shape index (κ1) is 35.8. The SMILES string of the molecule is CCOC(=O)C(CC(C)C)NP(=O)(NC(CC(C)C)C(=O)OCC)OC[C@H]1O[C@@H](n2ccc(=O)[nH]c2=O)[C@](C)(O)[C@@H]1O. The fourth-order valence-electron chi connectivity index (χ4n) is 4.52. The van der Waals surface area contributed by atoms with Crippen molar-refractivity contribution in [1.82, 2.24) is 19.7 Å². The molecule has 0 aliphatic carbocycles. The van der Waals surface area contributed by atoms with Crippen molar-refractivity contribution in [3.05, 3.63) is 33.1 Å². The predicted octanol–water partition coefficient (Wildman–Crippen LogP) is 0.805. The zero-order valence-corrected chi connectivity index (χ0v) is 26.1. The third kappa shape index (κ3) is 9.56. The normalized spacial score (nSPS) is 25.3. The first-order valence-corrected chi connectivity index (χ1v) is 15.7. The fourth-order valence-corrected chi connectivity index (χ4v) is 6.34. The van der Waals surface area contributed by atoms with Gasteiger partial charge in [0.05, 0.1) is 19.8 Å². The van der Waals surface area contributed by atoms with Crippen molar-refractivity contribution in [1.29, 1.82) is 0 Å². The number of aliphatic hydroxyl groups excluding tert-OH is 1. The molecule has 1 aliphatic heterocycles. The molecular formula is C26H45N4O11P. The number of nitrogens with zero attached hydrogens (tertiary/aromatic N) is 1. The van der Waals surface area contributed by atoms with Gasteiger partial charge in [-0.2, -0.15) is 0 Å². The van der Waals surface area contributed by atoms with E-state index in [4.69, 9.17) is 18.7 Å². The molecule has 240 valence electrons. The number of carbonyl (C=O) groups is 2. The molecule has 1 aromatic rings. The van der Waals surface area contributed by atoms with E-state index in [9.17, 15) is 34.0 Å². The van der Waals surface area contributed by atoms with Gasteiger partial charge < -0.3 is 28.9 Å². The van der Waals surface area contributed by atoms with E-state index < -0.39 is 73.6 Å². The molecule has 0 radical (unpaired) electrons. The summed E-state index contributed by atoms with van der Waals surface area (Å²) in [4.78, 5) is 51.4. The Balaban J connectivity index is 2.41. The molecule has 0 amide bonds. The number of esters is 2. The summed E-state index contributed by atoms with van der Waals surface area (Å²) in [6.45, 7) is 11.5. The Morgan fingerprint density at radius 3 is 2.00 bits per heavy atom. The standard InChI is InChI=1S/C26H45N4O11P/c1-8-38-22(33)17(12-15(3)4)28-42(37,29-18(13-16(5)6)23(34)39-9-2)40-14-19-21(32)26(7,36)24(41-19)30-11-10-20(31)27-25(30)35/h10-11,15-19,21,24,32,36H,8-9,12-14H2,1-7H3,(H,27,31,35)(H2,28,29,37)/t17?,18?,19-,21-,24-,26-,42?/m1/s1. The van der Waals surface area contributed by atoms with E-state index in [1.54, 1.807) is 13.8 Å². The first-order chi connectivity index (χ1) is 19.5. The van der Waals surface area contributed by atoms with Gasteiger partial charge in [0.25, 0.3) is 5.56 Å². The summed E-state index contributed by atoms with van der Waals surface area (Å²) in [6.07, 6.45) is -2.85. The maximum absolute atomic E-state index is 14.3. The molecule has 2 rings (SSSR count). The summed E-state index contributed by atoms with van der Waals surface area (Å²) in [5.74, 6) is -1.40. The van der Waals surface area contributed by atoms with Crippen LogP contribution in [0.3, 0.4) is 0 Å². The van der Waals surface area contributed by atoms with Gasteiger partial charge in [-0.3, -0.25) is 28.5 Å². The van der Waals surface area contributed by atoms with Gasteiger partial charge in [0.2, 0.25) is 0 Å². The van der Waals surface area contributed by atoms with Crippen molar-refractivity contribution in [2.24, 2.45) is 11.8 Å². The number of nitrogens with one attached hydrogen (secondary N) is 3. The largest absolute Gasteiger partial charge is 0.465 e. The lowest BCUT2D eigenvalue weighted by Crippen LogP contribution is -2.47. The van der Waals surface area contributed by atoms with Crippen LogP contribution in [-0.2, 0) is 32.9 Å². The van der Waals surface area contributed by atoms with Gasteiger partial charge in [0, 0.05) is 12.3 Å². The molecule has 42 heavy (non-hydrogen) atoms. The molecule has 0 spiro atoms. The van der Waals surface area contributed by atoms with E-state index in [2.05, 4.69) is 15.2 Å². The van der Waals surface area contributed by atoms with Crippen molar-refractivity contribution in [3.8, 4) is 0 Å². The van der Waals surface area contributed by atoms with E-state index in [-0.39, 0.29) is 37.9 Å². The summed E-state index contributed by atoms with van der Waals surface area (Å²) in [7, 11) is -4.32. The van der Waals surface area contributed by atoms with Crippen molar-refractivity contribution < 1.29 is 43.1 Å². The molecule has 0 aromatic carbocycles. The van der Waals surface area contributed by atoms with Crippen molar-refractivity contribution in [2.75, 3.05) is 19.8 Å². The third-order valence-electron chi connectivity index (χ3n) is 6.49. The molecule has 5 N–H and O–H groups in total. The molecule has 1 aliphatic rings. The van der Waals surface area contributed by atoms with Gasteiger partial charge in [-0.05, 0) is 45.4 Å². The summed E-state index contributed by atoms with van der Waals surface area (Å²) < 4.78 is 37.1. The lowest BCUT2D eigenvalue weighted by atomic mass is 9.96. The third-order valence-corrected chi connectivity index (χ3v) is 8.30. The molecule has 0 saturated carbocycles. The second-order valence-electron chi connectivity index (χ2n) is 11.2. The van der Waals surface area contributed by atoms with Crippen LogP contribution in [0.25, 0.3) is 0 Å². The first-order valence-electron chi connectivity index (χ1n) is 14.0. The van der Waals surface area contributed by atoms with E-state index in [0.29, 0.717) is 0 Å². The van der Waals surface area contributed by atoms with E-state index in [1.807, 2.05) is 27.7 Å². The number of aromatic nitrogens is 2. The quantitative estimate of drug-likeness (QED) is 0.128. The Morgan fingerprint density at radius 1 is 1.07 bits per heavy atom. The van der Waals surface area contributed by atoms with Crippen molar-refractivity contribution in [2.45, 2.75) is 97.4 Å². The average molecular weight is 621 g/mol. The van der Waals surface area contributed by atoms with Crippen LogP contribution >= 0.6 is 7.67 Å². The van der Waals surface area contributed by atoms with E-state index in [0.717, 1.165) is 16.8 Å². The lowest BCUT2D eigenvalue weighted by Gasteiger charge is -2.30.